The first-order valence-corrected chi connectivity index (χ1v) is 8.51. The molecule has 24 heavy (non-hydrogen) atoms. The average Bonchev–Trinajstić information content (AvgIpc) is 2.60. The number of carbonyl (C=O) groups excluding carboxylic acids is 1. The van der Waals surface area contributed by atoms with E-state index >= 15 is 0 Å². The number of aromatic nitrogens is 1. The van der Waals surface area contributed by atoms with Crippen LogP contribution < -0.4 is 5.32 Å². The van der Waals surface area contributed by atoms with E-state index in [0.29, 0.717) is 18.7 Å². The molecule has 3 rings (SSSR count). The van der Waals surface area contributed by atoms with Gasteiger partial charge in [0.15, 0.2) is 0 Å². The molecule has 1 N–H and O–H groups in total. The lowest BCUT2D eigenvalue weighted by molar-refractivity contribution is 0.0527. The van der Waals surface area contributed by atoms with Gasteiger partial charge in [0.25, 0.3) is 0 Å². The molecule has 1 heterocycles. The molecule has 0 bridgehead atoms. The van der Waals surface area contributed by atoms with E-state index in [1.807, 2.05) is 48.5 Å². The number of halogens is 1. The number of nitrogens with one attached hydrogen (secondary N) is 1. The Labute approximate surface area is 149 Å². The van der Waals surface area contributed by atoms with Crippen LogP contribution in [0.15, 0.2) is 59.2 Å². The van der Waals surface area contributed by atoms with E-state index < -0.39 is 0 Å². The van der Waals surface area contributed by atoms with E-state index in [0.717, 1.165) is 26.6 Å². The molecule has 0 unspecified atom stereocenters. The number of carbonyl (C=O) groups is 1. The number of anilines is 1. The second-order valence-corrected chi connectivity index (χ2v) is 6.18. The smallest absolute Gasteiger partial charge is 0.341 e. The summed E-state index contributed by atoms with van der Waals surface area (Å²) < 4.78 is 6.10. The maximum absolute atomic E-state index is 12.3. The van der Waals surface area contributed by atoms with Crippen LogP contribution in [0.25, 0.3) is 10.9 Å². The normalized spacial score (nSPS) is 10.6. The zero-order valence-electron chi connectivity index (χ0n) is 13.3. The standard InChI is InChI=1S/C19H17BrN2O2/c1-2-24-19(23)16-12-21-17-9-8-14(20)10-15(17)18(16)22-11-13-6-4-3-5-7-13/h3-10,12H,2,11H2,1H3,(H,21,22). The summed E-state index contributed by atoms with van der Waals surface area (Å²) in [4.78, 5) is 16.7. The van der Waals surface area contributed by atoms with Crippen LogP contribution in [0.1, 0.15) is 22.8 Å². The maximum Gasteiger partial charge on any atom is 0.341 e. The van der Waals surface area contributed by atoms with Crippen molar-refractivity contribution in [2.75, 3.05) is 11.9 Å². The van der Waals surface area contributed by atoms with Crippen molar-refractivity contribution in [2.24, 2.45) is 0 Å². The summed E-state index contributed by atoms with van der Waals surface area (Å²) in [5.74, 6) is -0.373. The highest BCUT2D eigenvalue weighted by Crippen LogP contribution is 2.29. The number of esters is 1. The van der Waals surface area contributed by atoms with Gasteiger partial charge in [-0.2, -0.15) is 0 Å². The summed E-state index contributed by atoms with van der Waals surface area (Å²) in [7, 11) is 0. The number of ether oxygens (including phenoxy) is 1. The molecular formula is C19H17BrN2O2. The number of benzene rings is 2. The third kappa shape index (κ3) is 3.57. The van der Waals surface area contributed by atoms with Gasteiger partial charge in [0.05, 0.1) is 17.8 Å². The molecule has 5 heteroatoms. The van der Waals surface area contributed by atoms with E-state index in [4.69, 9.17) is 4.74 Å². The third-order valence-electron chi connectivity index (χ3n) is 3.64. The average molecular weight is 385 g/mol. The minimum atomic E-state index is -0.373. The summed E-state index contributed by atoms with van der Waals surface area (Å²) in [6, 6.07) is 15.8. The number of pyridine rings is 1. The van der Waals surface area contributed by atoms with Gasteiger partial charge in [-0.25, -0.2) is 4.79 Å². The zero-order valence-corrected chi connectivity index (χ0v) is 14.8. The molecule has 2 aromatic carbocycles. The van der Waals surface area contributed by atoms with Crippen LogP contribution in [0.3, 0.4) is 0 Å². The van der Waals surface area contributed by atoms with Crippen molar-refractivity contribution in [1.29, 1.82) is 0 Å². The fraction of sp³-hybridized carbons (Fsp3) is 0.158. The highest BCUT2D eigenvalue weighted by molar-refractivity contribution is 9.10. The molecular weight excluding hydrogens is 368 g/mol. The number of hydrogen-bond acceptors (Lipinski definition) is 4. The van der Waals surface area contributed by atoms with Gasteiger partial charge in [-0.3, -0.25) is 4.98 Å². The molecule has 0 aliphatic rings. The molecule has 3 aromatic rings. The van der Waals surface area contributed by atoms with Crippen LogP contribution in [-0.2, 0) is 11.3 Å². The van der Waals surface area contributed by atoms with Crippen molar-refractivity contribution >= 4 is 38.5 Å². The van der Waals surface area contributed by atoms with Crippen LogP contribution in [-0.4, -0.2) is 17.6 Å². The van der Waals surface area contributed by atoms with Gasteiger partial charge >= 0.3 is 5.97 Å². The Balaban J connectivity index is 2.04. The van der Waals surface area contributed by atoms with Crippen molar-refractivity contribution in [3.63, 3.8) is 0 Å². The molecule has 0 amide bonds. The summed E-state index contributed by atoms with van der Waals surface area (Å²) in [6.45, 7) is 2.73. The van der Waals surface area contributed by atoms with Crippen molar-refractivity contribution in [3.8, 4) is 0 Å². The predicted molar refractivity (Wildman–Crippen MR) is 99.2 cm³/mol. The molecule has 0 atom stereocenters. The second-order valence-electron chi connectivity index (χ2n) is 5.27. The van der Waals surface area contributed by atoms with Crippen LogP contribution in [0.5, 0.6) is 0 Å². The third-order valence-corrected chi connectivity index (χ3v) is 4.13. The first kappa shape index (κ1) is 16.5. The number of hydrogen-bond donors (Lipinski definition) is 1. The van der Waals surface area contributed by atoms with Crippen LogP contribution >= 0.6 is 15.9 Å². The zero-order chi connectivity index (χ0) is 16.9. The van der Waals surface area contributed by atoms with Crippen molar-refractivity contribution < 1.29 is 9.53 Å². The first-order valence-electron chi connectivity index (χ1n) is 7.72. The molecule has 4 nitrogen and oxygen atoms in total. The number of rotatable bonds is 5. The molecule has 0 aliphatic carbocycles. The van der Waals surface area contributed by atoms with Gasteiger partial charge in [0, 0.05) is 22.6 Å². The molecule has 0 fully saturated rings. The fourth-order valence-corrected chi connectivity index (χ4v) is 2.87. The van der Waals surface area contributed by atoms with E-state index in [1.54, 1.807) is 13.1 Å². The number of fused-ring (bicyclic) bond motifs is 1. The molecule has 0 aliphatic heterocycles. The SMILES string of the molecule is CCOC(=O)c1cnc2ccc(Br)cc2c1NCc1ccccc1. The molecule has 122 valence electrons. The summed E-state index contributed by atoms with van der Waals surface area (Å²) in [5, 5.41) is 4.26. The monoisotopic (exact) mass is 384 g/mol. The van der Waals surface area contributed by atoms with Gasteiger partial charge in [0.2, 0.25) is 0 Å². The van der Waals surface area contributed by atoms with Crippen LogP contribution in [0.4, 0.5) is 5.69 Å². The largest absolute Gasteiger partial charge is 0.462 e. The van der Waals surface area contributed by atoms with E-state index in [2.05, 4.69) is 26.2 Å². The summed E-state index contributed by atoms with van der Waals surface area (Å²) >= 11 is 3.48. The lowest BCUT2D eigenvalue weighted by Crippen LogP contribution is -2.11. The minimum Gasteiger partial charge on any atom is -0.462 e. The highest BCUT2D eigenvalue weighted by atomic mass is 79.9. The molecule has 0 spiro atoms. The van der Waals surface area contributed by atoms with Crippen LogP contribution in [0, 0.1) is 0 Å². The predicted octanol–water partition coefficient (Wildman–Crippen LogP) is 4.79. The molecule has 0 saturated carbocycles. The van der Waals surface area contributed by atoms with Gasteiger partial charge in [-0.05, 0) is 30.7 Å². The maximum atomic E-state index is 12.3. The Kier molecular flexibility index (Phi) is 5.11. The molecule has 1 aromatic heterocycles. The Morgan fingerprint density at radius 3 is 2.75 bits per heavy atom. The number of nitrogens with zero attached hydrogens (tertiary/aromatic N) is 1. The second kappa shape index (κ2) is 7.45. The van der Waals surface area contributed by atoms with Gasteiger partial charge < -0.3 is 10.1 Å². The van der Waals surface area contributed by atoms with Gasteiger partial charge in [-0.15, -0.1) is 0 Å². The lowest BCUT2D eigenvalue weighted by Gasteiger charge is -2.14. The van der Waals surface area contributed by atoms with E-state index in [9.17, 15) is 4.79 Å². The van der Waals surface area contributed by atoms with E-state index in [1.165, 1.54) is 0 Å². The fourth-order valence-electron chi connectivity index (χ4n) is 2.51. The van der Waals surface area contributed by atoms with Crippen molar-refractivity contribution in [2.45, 2.75) is 13.5 Å². The first-order chi connectivity index (χ1) is 11.7. The van der Waals surface area contributed by atoms with Gasteiger partial charge in [0.1, 0.15) is 5.56 Å². The highest BCUT2D eigenvalue weighted by Gasteiger charge is 2.16. The lowest BCUT2D eigenvalue weighted by atomic mass is 10.1. The van der Waals surface area contributed by atoms with Gasteiger partial charge in [-0.1, -0.05) is 46.3 Å². The van der Waals surface area contributed by atoms with Crippen molar-refractivity contribution in [1.82, 2.24) is 4.98 Å². The Hall–Kier alpha value is -2.40. The summed E-state index contributed by atoms with van der Waals surface area (Å²) in [5.41, 5.74) is 3.14. The Morgan fingerprint density at radius 1 is 1.21 bits per heavy atom. The topological polar surface area (TPSA) is 51.2 Å². The van der Waals surface area contributed by atoms with Crippen LogP contribution in [0.2, 0.25) is 0 Å². The molecule has 0 saturated heterocycles. The Bertz CT molecular complexity index is 866. The quantitative estimate of drug-likeness (QED) is 0.642. The molecule has 0 radical (unpaired) electrons. The minimum absolute atomic E-state index is 0.327. The Morgan fingerprint density at radius 2 is 2.00 bits per heavy atom. The van der Waals surface area contributed by atoms with Crippen molar-refractivity contribution in [3.05, 3.63) is 70.3 Å². The van der Waals surface area contributed by atoms with E-state index in [-0.39, 0.29) is 5.97 Å². The summed E-state index contributed by atoms with van der Waals surface area (Å²) in [6.07, 6.45) is 1.57.